The Morgan fingerprint density at radius 2 is 2.07 bits per heavy atom. The van der Waals surface area contributed by atoms with Crippen LogP contribution in [0.4, 0.5) is 14.5 Å². The van der Waals surface area contributed by atoms with Crippen LogP contribution in [0.25, 0.3) is 0 Å². The number of hydrogen-bond donors (Lipinski definition) is 1. The molecule has 1 atom stereocenters. The maximum atomic E-state index is 13.2. The van der Waals surface area contributed by atoms with E-state index in [0.717, 1.165) is 31.4 Å². The second-order valence-electron chi connectivity index (χ2n) is 3.81. The van der Waals surface area contributed by atoms with Crippen molar-refractivity contribution in [2.45, 2.75) is 39.2 Å². The van der Waals surface area contributed by atoms with Gasteiger partial charge in [0.1, 0.15) is 11.6 Å². The zero-order valence-electron chi connectivity index (χ0n) is 9.19. The standard InChI is InChI=1S/C12H17F2N/c1-3-4-5-9(2)15-12-8-10(13)6-7-11(12)14/h6-9,15H,3-5H2,1-2H3. The molecule has 0 spiro atoms. The Labute approximate surface area is 89.5 Å². The largest absolute Gasteiger partial charge is 0.380 e. The summed E-state index contributed by atoms with van der Waals surface area (Å²) >= 11 is 0. The lowest BCUT2D eigenvalue weighted by Crippen LogP contribution is -2.15. The molecule has 0 saturated carbocycles. The molecule has 1 unspecified atom stereocenters. The first-order valence-corrected chi connectivity index (χ1v) is 5.35. The third-order valence-corrected chi connectivity index (χ3v) is 2.32. The molecule has 15 heavy (non-hydrogen) atoms. The Kier molecular flexibility index (Phi) is 4.53. The Morgan fingerprint density at radius 1 is 1.33 bits per heavy atom. The summed E-state index contributed by atoms with van der Waals surface area (Å²) in [5, 5.41) is 2.97. The number of nitrogens with one attached hydrogen (secondary N) is 1. The van der Waals surface area contributed by atoms with Gasteiger partial charge in [0.05, 0.1) is 5.69 Å². The smallest absolute Gasteiger partial charge is 0.146 e. The summed E-state index contributed by atoms with van der Waals surface area (Å²) in [5.41, 5.74) is 0.249. The van der Waals surface area contributed by atoms with Gasteiger partial charge in [-0.1, -0.05) is 19.8 Å². The minimum atomic E-state index is -0.415. The van der Waals surface area contributed by atoms with Crippen LogP contribution in [0.5, 0.6) is 0 Å². The molecule has 1 aromatic carbocycles. The zero-order valence-corrected chi connectivity index (χ0v) is 9.19. The van der Waals surface area contributed by atoms with Gasteiger partial charge in [0.2, 0.25) is 0 Å². The van der Waals surface area contributed by atoms with E-state index < -0.39 is 11.6 Å². The minimum Gasteiger partial charge on any atom is -0.380 e. The van der Waals surface area contributed by atoms with E-state index in [1.165, 1.54) is 6.07 Å². The number of unbranched alkanes of at least 4 members (excludes halogenated alkanes) is 1. The van der Waals surface area contributed by atoms with Crippen molar-refractivity contribution in [2.24, 2.45) is 0 Å². The third kappa shape index (κ3) is 3.86. The van der Waals surface area contributed by atoms with Crippen molar-refractivity contribution in [2.75, 3.05) is 5.32 Å². The van der Waals surface area contributed by atoms with Crippen LogP contribution in [0.1, 0.15) is 33.1 Å². The summed E-state index contributed by atoms with van der Waals surface area (Å²) in [6.45, 7) is 4.08. The van der Waals surface area contributed by atoms with Crippen molar-refractivity contribution in [1.82, 2.24) is 0 Å². The maximum Gasteiger partial charge on any atom is 0.146 e. The molecule has 1 rings (SSSR count). The highest BCUT2D eigenvalue weighted by atomic mass is 19.1. The van der Waals surface area contributed by atoms with Crippen molar-refractivity contribution in [3.05, 3.63) is 29.8 Å². The van der Waals surface area contributed by atoms with E-state index in [9.17, 15) is 8.78 Å². The second-order valence-corrected chi connectivity index (χ2v) is 3.81. The van der Waals surface area contributed by atoms with Gasteiger partial charge < -0.3 is 5.32 Å². The van der Waals surface area contributed by atoms with Gasteiger partial charge in [-0.2, -0.15) is 0 Å². The molecule has 1 N–H and O–H groups in total. The molecule has 0 radical (unpaired) electrons. The van der Waals surface area contributed by atoms with Gasteiger partial charge in [-0.25, -0.2) is 8.78 Å². The van der Waals surface area contributed by atoms with E-state index in [1.807, 2.05) is 6.92 Å². The molecule has 0 fully saturated rings. The molecule has 0 amide bonds. The molecule has 0 aliphatic heterocycles. The van der Waals surface area contributed by atoms with E-state index in [1.54, 1.807) is 0 Å². The zero-order chi connectivity index (χ0) is 11.3. The Hall–Kier alpha value is -1.12. The van der Waals surface area contributed by atoms with Gasteiger partial charge in [0.15, 0.2) is 0 Å². The van der Waals surface area contributed by atoms with Gasteiger partial charge in [-0.3, -0.25) is 0 Å². The lowest BCUT2D eigenvalue weighted by molar-refractivity contribution is 0.593. The summed E-state index contributed by atoms with van der Waals surface area (Å²) in [7, 11) is 0. The fraction of sp³-hybridized carbons (Fsp3) is 0.500. The number of hydrogen-bond acceptors (Lipinski definition) is 1. The lowest BCUT2D eigenvalue weighted by atomic mass is 10.1. The van der Waals surface area contributed by atoms with Gasteiger partial charge in [-0.05, 0) is 31.5 Å². The highest BCUT2D eigenvalue weighted by molar-refractivity contribution is 5.45. The van der Waals surface area contributed by atoms with Crippen LogP contribution in [0.3, 0.4) is 0 Å². The Morgan fingerprint density at radius 3 is 2.73 bits per heavy atom. The molecule has 1 aromatic rings. The highest BCUT2D eigenvalue weighted by Crippen LogP contribution is 2.17. The number of benzene rings is 1. The molecular weight excluding hydrogens is 196 g/mol. The van der Waals surface area contributed by atoms with E-state index in [4.69, 9.17) is 0 Å². The molecule has 0 aliphatic rings. The molecule has 84 valence electrons. The molecule has 3 heteroatoms. The van der Waals surface area contributed by atoms with Gasteiger partial charge in [0.25, 0.3) is 0 Å². The molecule has 1 nitrogen and oxygen atoms in total. The third-order valence-electron chi connectivity index (χ3n) is 2.32. The molecule has 0 heterocycles. The van der Waals surface area contributed by atoms with Crippen LogP contribution < -0.4 is 5.32 Å². The molecule has 0 aromatic heterocycles. The van der Waals surface area contributed by atoms with Crippen LogP contribution in [-0.2, 0) is 0 Å². The van der Waals surface area contributed by atoms with E-state index >= 15 is 0 Å². The van der Waals surface area contributed by atoms with Crippen molar-refractivity contribution in [3.8, 4) is 0 Å². The highest BCUT2D eigenvalue weighted by Gasteiger charge is 2.06. The first-order valence-electron chi connectivity index (χ1n) is 5.35. The summed E-state index contributed by atoms with van der Waals surface area (Å²) in [4.78, 5) is 0. The molecule has 0 bridgehead atoms. The van der Waals surface area contributed by atoms with Crippen LogP contribution in [0, 0.1) is 11.6 Å². The van der Waals surface area contributed by atoms with E-state index in [2.05, 4.69) is 12.2 Å². The number of halogens is 2. The molecule has 0 aliphatic carbocycles. The average molecular weight is 213 g/mol. The summed E-state index contributed by atoms with van der Waals surface area (Å²) in [5.74, 6) is -0.818. The lowest BCUT2D eigenvalue weighted by Gasteiger charge is -2.15. The van der Waals surface area contributed by atoms with Gasteiger partial charge in [0, 0.05) is 6.04 Å². The predicted octanol–water partition coefficient (Wildman–Crippen LogP) is 3.96. The summed E-state index contributed by atoms with van der Waals surface area (Å²) in [6.07, 6.45) is 3.16. The minimum absolute atomic E-state index is 0.168. The van der Waals surface area contributed by atoms with Crippen molar-refractivity contribution >= 4 is 5.69 Å². The summed E-state index contributed by atoms with van der Waals surface area (Å²) in [6, 6.07) is 3.63. The SMILES string of the molecule is CCCCC(C)Nc1cc(F)ccc1F. The first-order chi connectivity index (χ1) is 7.13. The summed E-state index contributed by atoms with van der Waals surface area (Å²) < 4.78 is 26.1. The van der Waals surface area contributed by atoms with Gasteiger partial charge in [-0.15, -0.1) is 0 Å². The van der Waals surface area contributed by atoms with Crippen molar-refractivity contribution in [3.63, 3.8) is 0 Å². The van der Waals surface area contributed by atoms with Gasteiger partial charge >= 0.3 is 0 Å². The van der Waals surface area contributed by atoms with E-state index in [0.29, 0.717) is 0 Å². The quantitative estimate of drug-likeness (QED) is 0.780. The van der Waals surface area contributed by atoms with Crippen LogP contribution in [0.15, 0.2) is 18.2 Å². The Bertz CT molecular complexity index is 312. The Balaban J connectivity index is 2.59. The molecule has 0 saturated heterocycles. The van der Waals surface area contributed by atoms with E-state index in [-0.39, 0.29) is 11.7 Å². The monoisotopic (exact) mass is 213 g/mol. The fourth-order valence-corrected chi connectivity index (χ4v) is 1.46. The first kappa shape index (κ1) is 12.0. The molecular formula is C12H17F2N. The number of rotatable bonds is 5. The van der Waals surface area contributed by atoms with Crippen molar-refractivity contribution in [1.29, 1.82) is 0 Å². The van der Waals surface area contributed by atoms with Crippen LogP contribution in [0.2, 0.25) is 0 Å². The van der Waals surface area contributed by atoms with Crippen LogP contribution in [-0.4, -0.2) is 6.04 Å². The maximum absolute atomic E-state index is 13.2. The van der Waals surface area contributed by atoms with Crippen LogP contribution >= 0.6 is 0 Å². The fourth-order valence-electron chi connectivity index (χ4n) is 1.46. The topological polar surface area (TPSA) is 12.0 Å². The number of anilines is 1. The van der Waals surface area contributed by atoms with Crippen molar-refractivity contribution < 1.29 is 8.78 Å². The average Bonchev–Trinajstić information content (AvgIpc) is 2.20. The predicted molar refractivity (Wildman–Crippen MR) is 59.0 cm³/mol. The second kappa shape index (κ2) is 5.69. The normalized spacial score (nSPS) is 12.5.